The highest BCUT2D eigenvalue weighted by Gasteiger charge is 2.15. The van der Waals surface area contributed by atoms with Crippen LogP contribution in [0.3, 0.4) is 0 Å². The maximum absolute atomic E-state index is 11.2. The second-order valence-electron chi connectivity index (χ2n) is 6.00. The fourth-order valence-corrected chi connectivity index (χ4v) is 5.19. The average molecular weight is 375 g/mol. The van der Waals surface area contributed by atoms with Crippen molar-refractivity contribution in [3.05, 3.63) is 24.5 Å². The first-order valence-corrected chi connectivity index (χ1v) is 11.1. The zero-order valence-corrected chi connectivity index (χ0v) is 16.4. The summed E-state index contributed by atoms with van der Waals surface area (Å²) in [5.74, 6) is 1.69. The Kier molecular flexibility index (Phi) is 12.2. The molecular weight excluding hydrogens is 344 g/mol. The quantitative estimate of drug-likeness (QED) is 0.0766. The van der Waals surface area contributed by atoms with Gasteiger partial charge in [0.15, 0.2) is 0 Å². The topological polar surface area (TPSA) is 44.8 Å². The van der Waals surface area contributed by atoms with Crippen molar-refractivity contribution in [3.63, 3.8) is 0 Å². The van der Waals surface area contributed by atoms with Crippen LogP contribution < -0.4 is 0 Å². The largest absolute Gasteiger partial charge is 0.462 e. The van der Waals surface area contributed by atoms with Gasteiger partial charge in [-0.2, -0.15) is 4.89 Å². The first-order valence-electron chi connectivity index (χ1n) is 8.67. The van der Waals surface area contributed by atoms with Gasteiger partial charge < -0.3 is 9.62 Å². The summed E-state index contributed by atoms with van der Waals surface area (Å²) in [5.41, 5.74) is 0.446. The van der Waals surface area contributed by atoms with Crippen molar-refractivity contribution in [2.24, 2.45) is 0 Å². The lowest BCUT2D eigenvalue weighted by molar-refractivity contribution is -0.264. The van der Waals surface area contributed by atoms with E-state index in [-0.39, 0.29) is 5.97 Å². The number of esters is 1. The van der Waals surface area contributed by atoms with Crippen LogP contribution in [0.1, 0.15) is 58.3 Å². The van der Waals surface area contributed by atoms with Crippen molar-refractivity contribution in [1.82, 2.24) is 0 Å². The lowest BCUT2D eigenvalue weighted by Gasteiger charge is -2.09. The predicted octanol–water partition coefficient (Wildman–Crippen LogP) is 5.45. The predicted molar refractivity (Wildman–Crippen MR) is 103 cm³/mol. The number of ether oxygens (including phenoxy) is 1. The maximum atomic E-state index is 11.2. The molecule has 24 heavy (non-hydrogen) atoms. The van der Waals surface area contributed by atoms with E-state index in [1.54, 1.807) is 6.92 Å². The smallest absolute Gasteiger partial charge is 0.333 e. The molecule has 1 fully saturated rings. The Bertz CT molecular complexity index is 392. The molecular formula is C18H30O4S2. The number of allylic oxidation sites excluding steroid dienone is 1. The van der Waals surface area contributed by atoms with Crippen LogP contribution >= 0.6 is 21.6 Å². The molecule has 0 aromatic carbocycles. The molecule has 0 N–H and O–H groups in total. The van der Waals surface area contributed by atoms with Crippen LogP contribution in [0, 0.1) is 0 Å². The summed E-state index contributed by atoms with van der Waals surface area (Å²) in [7, 11) is 3.99. The van der Waals surface area contributed by atoms with Gasteiger partial charge in [-0.25, -0.2) is 4.79 Å². The van der Waals surface area contributed by atoms with Gasteiger partial charge >= 0.3 is 5.97 Å². The van der Waals surface area contributed by atoms with E-state index < -0.39 is 0 Å². The highest BCUT2D eigenvalue weighted by Crippen LogP contribution is 2.40. The molecule has 1 heterocycles. The number of hydrogen-bond acceptors (Lipinski definition) is 6. The minimum absolute atomic E-state index is 0.310. The summed E-state index contributed by atoms with van der Waals surface area (Å²) < 4.78 is 5.03. The first-order chi connectivity index (χ1) is 11.6. The number of hydrogen-bond donors (Lipinski definition) is 0. The molecule has 1 rings (SSSR count). The summed E-state index contributed by atoms with van der Waals surface area (Å²) in [5, 5.41) is 0.804. The Morgan fingerprint density at radius 1 is 1.12 bits per heavy atom. The third kappa shape index (κ3) is 11.0. The van der Waals surface area contributed by atoms with E-state index in [1.165, 1.54) is 18.6 Å². The van der Waals surface area contributed by atoms with E-state index in [0.29, 0.717) is 18.8 Å². The summed E-state index contributed by atoms with van der Waals surface area (Å²) in [4.78, 5) is 21.6. The second-order valence-corrected chi connectivity index (χ2v) is 8.78. The Hall–Kier alpha value is -0.590. The van der Waals surface area contributed by atoms with Crippen molar-refractivity contribution < 1.29 is 19.3 Å². The van der Waals surface area contributed by atoms with Crippen LogP contribution in [0.2, 0.25) is 0 Å². The summed E-state index contributed by atoms with van der Waals surface area (Å²) >= 11 is 0. The Balaban J connectivity index is 1.81. The minimum atomic E-state index is -0.310. The molecule has 1 aliphatic heterocycles. The molecule has 1 saturated heterocycles. The highest BCUT2D eigenvalue weighted by molar-refractivity contribution is 8.77. The normalized spacial score (nSPS) is 16.8. The van der Waals surface area contributed by atoms with Crippen LogP contribution in [0.5, 0.6) is 0 Å². The van der Waals surface area contributed by atoms with Gasteiger partial charge in [0.1, 0.15) is 5.76 Å². The lowest BCUT2D eigenvalue weighted by Crippen LogP contribution is -2.06. The first kappa shape index (κ1) is 21.5. The van der Waals surface area contributed by atoms with Crippen molar-refractivity contribution in [2.75, 3.05) is 19.0 Å². The molecule has 0 aromatic heterocycles. The molecule has 6 heteroatoms. The summed E-state index contributed by atoms with van der Waals surface area (Å²) in [6.45, 7) is 10.1. The number of unbranched alkanes of at least 4 members (excludes halogenated alkanes) is 3. The van der Waals surface area contributed by atoms with Crippen molar-refractivity contribution in [1.29, 1.82) is 0 Å². The third-order valence-corrected chi connectivity index (χ3v) is 6.60. The molecule has 0 radical (unpaired) electrons. The van der Waals surface area contributed by atoms with Crippen LogP contribution in [-0.4, -0.2) is 30.2 Å². The zero-order chi connectivity index (χ0) is 17.6. The van der Waals surface area contributed by atoms with E-state index in [2.05, 4.69) is 13.2 Å². The van der Waals surface area contributed by atoms with Gasteiger partial charge in [-0.15, -0.1) is 0 Å². The van der Waals surface area contributed by atoms with Crippen LogP contribution in [0.15, 0.2) is 24.5 Å². The molecule has 138 valence electrons. The van der Waals surface area contributed by atoms with Crippen molar-refractivity contribution in [3.8, 4) is 0 Å². The fourth-order valence-electron chi connectivity index (χ4n) is 2.16. The maximum Gasteiger partial charge on any atom is 0.333 e. The van der Waals surface area contributed by atoms with E-state index in [1.807, 2.05) is 21.6 Å². The number of carbonyl (C=O) groups is 1. The molecule has 0 amide bonds. The molecule has 0 aromatic rings. The summed E-state index contributed by atoms with van der Waals surface area (Å²) in [6, 6.07) is 0. The number of carbonyl (C=O) groups excluding carboxylic acids is 1. The number of rotatable bonds is 14. The highest BCUT2D eigenvalue weighted by atomic mass is 33.1. The Labute approximate surface area is 154 Å². The standard InChI is InChI=1S/C18H30O4S2/c1-15(2)18(19)20-12-6-4-5-7-13-21-22-16(3)9-8-10-17-11-14-23-24-17/h17H,1,3-14H2,2H3. The third-order valence-electron chi connectivity index (χ3n) is 3.59. The molecule has 0 bridgehead atoms. The van der Waals surface area contributed by atoms with E-state index in [4.69, 9.17) is 14.5 Å². The van der Waals surface area contributed by atoms with E-state index in [9.17, 15) is 4.79 Å². The van der Waals surface area contributed by atoms with Gasteiger partial charge in [-0.1, -0.05) is 41.2 Å². The summed E-state index contributed by atoms with van der Waals surface area (Å²) in [6.07, 6.45) is 8.37. The Morgan fingerprint density at radius 3 is 2.54 bits per heavy atom. The Morgan fingerprint density at radius 2 is 1.88 bits per heavy atom. The van der Waals surface area contributed by atoms with Gasteiger partial charge in [-0.05, 0) is 45.4 Å². The van der Waals surface area contributed by atoms with Crippen LogP contribution in [-0.2, 0) is 19.3 Å². The molecule has 0 saturated carbocycles. The van der Waals surface area contributed by atoms with Gasteiger partial charge in [0.2, 0.25) is 0 Å². The second kappa shape index (κ2) is 13.7. The molecule has 0 aliphatic carbocycles. The molecule has 1 unspecified atom stereocenters. The van der Waals surface area contributed by atoms with Gasteiger partial charge in [0.25, 0.3) is 0 Å². The monoisotopic (exact) mass is 374 g/mol. The molecule has 1 aliphatic rings. The van der Waals surface area contributed by atoms with Crippen LogP contribution in [0.25, 0.3) is 0 Å². The van der Waals surface area contributed by atoms with Crippen LogP contribution in [0.4, 0.5) is 0 Å². The average Bonchev–Trinajstić information content (AvgIpc) is 3.06. The fraction of sp³-hybridized carbons (Fsp3) is 0.722. The van der Waals surface area contributed by atoms with Gasteiger partial charge in [0, 0.05) is 23.0 Å². The van der Waals surface area contributed by atoms with E-state index >= 15 is 0 Å². The van der Waals surface area contributed by atoms with Gasteiger partial charge in [-0.3, -0.25) is 0 Å². The van der Waals surface area contributed by atoms with E-state index in [0.717, 1.165) is 49.5 Å². The van der Waals surface area contributed by atoms with Crippen molar-refractivity contribution in [2.45, 2.75) is 63.5 Å². The minimum Gasteiger partial charge on any atom is -0.462 e. The lowest BCUT2D eigenvalue weighted by atomic mass is 10.1. The van der Waals surface area contributed by atoms with Crippen molar-refractivity contribution >= 4 is 27.6 Å². The SMILES string of the molecule is C=C(CCCC1CCSS1)OOCCCCCCOC(=O)C(=C)C. The molecule has 0 spiro atoms. The molecule has 1 atom stereocenters. The molecule has 4 nitrogen and oxygen atoms in total. The zero-order valence-electron chi connectivity index (χ0n) is 14.7. The van der Waals surface area contributed by atoms with Gasteiger partial charge in [0.05, 0.1) is 13.2 Å².